The van der Waals surface area contributed by atoms with Crippen molar-refractivity contribution >= 4 is 40.5 Å². The van der Waals surface area contributed by atoms with Gasteiger partial charge in [-0.15, -0.1) is 11.3 Å². The normalized spacial score (nSPS) is 10.4. The Morgan fingerprint density at radius 2 is 1.48 bits per heavy atom. The van der Waals surface area contributed by atoms with Crippen LogP contribution in [0.15, 0.2) is 66.0 Å². The molecular weight excluding hydrogens is 384 g/mol. The van der Waals surface area contributed by atoms with Crippen molar-refractivity contribution in [2.24, 2.45) is 0 Å². The van der Waals surface area contributed by atoms with Gasteiger partial charge in [-0.2, -0.15) is 0 Å². The lowest BCUT2D eigenvalue weighted by Gasteiger charge is -2.06. The highest BCUT2D eigenvalue weighted by Crippen LogP contribution is 2.18. The number of carbonyl (C=O) groups excluding carboxylic acids is 3. The molecule has 0 saturated carbocycles. The maximum absolute atomic E-state index is 12.4. The minimum Gasteiger partial charge on any atom is -0.427 e. The van der Waals surface area contributed by atoms with Gasteiger partial charge in [0.2, 0.25) is 0 Å². The van der Waals surface area contributed by atoms with Crippen molar-refractivity contribution in [1.82, 2.24) is 0 Å². The molecule has 0 amide bonds. The Morgan fingerprint density at radius 1 is 0.852 bits per heavy atom. The Kier molecular flexibility index (Phi) is 6.16. The number of rotatable bonds is 7. The zero-order chi connectivity index (χ0) is 19.2. The molecule has 0 aliphatic rings. The Balaban J connectivity index is 1.55. The average Bonchev–Trinajstić information content (AvgIpc) is 3.22. The summed E-state index contributed by atoms with van der Waals surface area (Å²) in [6.07, 6.45) is 0.106. The fourth-order valence-corrected chi connectivity index (χ4v) is 3.22. The van der Waals surface area contributed by atoms with Crippen molar-refractivity contribution in [3.05, 3.63) is 87.1 Å². The second-order valence-electron chi connectivity index (χ2n) is 5.73. The first-order valence-electron chi connectivity index (χ1n) is 8.20. The third kappa shape index (κ3) is 5.12. The fraction of sp³-hybridized carbons (Fsp3) is 0.0952. The molecule has 3 rings (SSSR count). The van der Waals surface area contributed by atoms with Crippen LogP contribution in [0.3, 0.4) is 0 Å². The summed E-state index contributed by atoms with van der Waals surface area (Å²) >= 11 is 7.17. The molecule has 4 nitrogen and oxygen atoms in total. The van der Waals surface area contributed by atoms with Gasteiger partial charge < -0.3 is 4.74 Å². The highest BCUT2D eigenvalue weighted by molar-refractivity contribution is 7.12. The van der Waals surface area contributed by atoms with Gasteiger partial charge in [0.25, 0.3) is 0 Å². The van der Waals surface area contributed by atoms with Gasteiger partial charge in [0.15, 0.2) is 11.6 Å². The molecule has 0 unspecified atom stereocenters. The highest BCUT2D eigenvalue weighted by Gasteiger charge is 2.13. The second kappa shape index (κ2) is 8.75. The minimum atomic E-state index is -0.489. The summed E-state index contributed by atoms with van der Waals surface area (Å²) in [7, 11) is 0. The van der Waals surface area contributed by atoms with E-state index in [4.69, 9.17) is 16.3 Å². The SMILES string of the molecule is O=C(CCC(=O)c1cccs1)Oc1ccc(C(=O)c2ccc(Cl)cc2)cc1. The number of thiophene rings is 1. The number of esters is 1. The summed E-state index contributed by atoms with van der Waals surface area (Å²) in [5, 5.41) is 2.38. The summed E-state index contributed by atoms with van der Waals surface area (Å²) < 4.78 is 5.22. The van der Waals surface area contributed by atoms with Crippen molar-refractivity contribution in [2.45, 2.75) is 12.8 Å². The van der Waals surface area contributed by atoms with Gasteiger partial charge in [-0.1, -0.05) is 17.7 Å². The molecule has 3 aromatic rings. The number of Topliss-reactive ketones (excluding diaryl/α,β-unsaturated/α-hetero) is 1. The summed E-state index contributed by atoms with van der Waals surface area (Å²) in [4.78, 5) is 36.8. The number of ketones is 2. The van der Waals surface area contributed by atoms with Crippen LogP contribution in [-0.4, -0.2) is 17.5 Å². The monoisotopic (exact) mass is 398 g/mol. The van der Waals surface area contributed by atoms with E-state index in [9.17, 15) is 14.4 Å². The zero-order valence-electron chi connectivity index (χ0n) is 14.2. The first kappa shape index (κ1) is 19.0. The molecule has 0 aliphatic heterocycles. The first-order chi connectivity index (χ1) is 13.0. The zero-order valence-corrected chi connectivity index (χ0v) is 15.8. The van der Waals surface area contributed by atoms with Crippen molar-refractivity contribution in [3.8, 4) is 5.75 Å². The molecule has 1 heterocycles. The third-order valence-electron chi connectivity index (χ3n) is 3.81. The summed E-state index contributed by atoms with van der Waals surface area (Å²) in [6.45, 7) is 0. The Bertz CT molecular complexity index is 945. The van der Waals surface area contributed by atoms with Gasteiger partial charge in [-0.3, -0.25) is 14.4 Å². The van der Waals surface area contributed by atoms with E-state index >= 15 is 0 Å². The summed E-state index contributed by atoms with van der Waals surface area (Å²) in [5.41, 5.74) is 1.00. The van der Waals surface area contributed by atoms with Gasteiger partial charge in [0.1, 0.15) is 5.75 Å². The summed E-state index contributed by atoms with van der Waals surface area (Å²) in [6, 6.07) is 16.5. The van der Waals surface area contributed by atoms with E-state index in [2.05, 4.69) is 0 Å². The molecule has 1 aromatic heterocycles. The first-order valence-corrected chi connectivity index (χ1v) is 9.46. The maximum atomic E-state index is 12.4. The van der Waals surface area contributed by atoms with E-state index in [0.717, 1.165) is 0 Å². The quantitative estimate of drug-likeness (QED) is 0.312. The van der Waals surface area contributed by atoms with E-state index in [1.165, 1.54) is 11.3 Å². The average molecular weight is 399 g/mol. The lowest BCUT2D eigenvalue weighted by Crippen LogP contribution is -2.10. The van der Waals surface area contributed by atoms with Crippen LogP contribution >= 0.6 is 22.9 Å². The topological polar surface area (TPSA) is 60.4 Å². The molecule has 0 N–H and O–H groups in total. The molecule has 0 radical (unpaired) electrons. The lowest BCUT2D eigenvalue weighted by molar-refractivity contribution is -0.134. The highest BCUT2D eigenvalue weighted by atomic mass is 35.5. The standard InChI is InChI=1S/C21H15ClO4S/c22-16-7-3-14(4-8-16)21(25)15-5-9-17(10-6-15)26-20(24)12-11-18(23)19-2-1-13-27-19/h1-10,13H,11-12H2. The Morgan fingerprint density at radius 3 is 2.07 bits per heavy atom. The van der Waals surface area contributed by atoms with Gasteiger partial charge in [0.05, 0.1) is 11.3 Å². The van der Waals surface area contributed by atoms with Crippen molar-refractivity contribution in [3.63, 3.8) is 0 Å². The van der Waals surface area contributed by atoms with Crippen LogP contribution in [0.5, 0.6) is 5.75 Å². The van der Waals surface area contributed by atoms with Crippen molar-refractivity contribution in [1.29, 1.82) is 0 Å². The molecule has 0 atom stereocenters. The van der Waals surface area contributed by atoms with Crippen molar-refractivity contribution in [2.75, 3.05) is 0 Å². The van der Waals surface area contributed by atoms with E-state index in [-0.39, 0.29) is 24.4 Å². The molecule has 136 valence electrons. The van der Waals surface area contributed by atoms with Gasteiger partial charge in [0, 0.05) is 22.6 Å². The van der Waals surface area contributed by atoms with Crippen LogP contribution in [0.1, 0.15) is 38.4 Å². The van der Waals surface area contributed by atoms with Crippen LogP contribution in [-0.2, 0) is 4.79 Å². The smallest absolute Gasteiger partial charge is 0.311 e. The maximum Gasteiger partial charge on any atom is 0.311 e. The number of hydrogen-bond acceptors (Lipinski definition) is 5. The van der Waals surface area contributed by atoms with Gasteiger partial charge in [-0.05, 0) is 60.0 Å². The third-order valence-corrected chi connectivity index (χ3v) is 4.97. The Labute approximate surface area is 165 Å². The van der Waals surface area contributed by atoms with E-state index in [1.807, 2.05) is 5.38 Å². The number of benzene rings is 2. The molecule has 2 aromatic carbocycles. The van der Waals surface area contributed by atoms with Crippen LogP contribution in [0, 0.1) is 0 Å². The van der Waals surface area contributed by atoms with E-state index in [0.29, 0.717) is 26.8 Å². The lowest BCUT2D eigenvalue weighted by atomic mass is 10.0. The van der Waals surface area contributed by atoms with E-state index in [1.54, 1.807) is 60.7 Å². The molecular formula is C21H15ClO4S. The molecule has 0 fully saturated rings. The number of hydrogen-bond donors (Lipinski definition) is 0. The van der Waals surface area contributed by atoms with Crippen LogP contribution in [0.4, 0.5) is 0 Å². The summed E-state index contributed by atoms with van der Waals surface area (Å²) in [5.74, 6) is -0.384. The largest absolute Gasteiger partial charge is 0.427 e. The fourth-order valence-electron chi connectivity index (χ4n) is 2.40. The number of halogens is 1. The molecule has 6 heteroatoms. The molecule has 0 aliphatic carbocycles. The van der Waals surface area contributed by atoms with Crippen molar-refractivity contribution < 1.29 is 19.1 Å². The van der Waals surface area contributed by atoms with Crippen LogP contribution < -0.4 is 4.74 Å². The van der Waals surface area contributed by atoms with Gasteiger partial charge in [-0.25, -0.2) is 0 Å². The van der Waals surface area contributed by atoms with Crippen LogP contribution in [0.2, 0.25) is 5.02 Å². The predicted octanol–water partition coefficient (Wildman–Crippen LogP) is 5.20. The minimum absolute atomic E-state index is 0.00217. The molecule has 0 saturated heterocycles. The Hall–Kier alpha value is -2.76. The molecule has 27 heavy (non-hydrogen) atoms. The predicted molar refractivity (Wildman–Crippen MR) is 105 cm³/mol. The molecule has 0 spiro atoms. The molecule has 0 bridgehead atoms. The number of ether oxygens (including phenoxy) is 1. The van der Waals surface area contributed by atoms with E-state index < -0.39 is 5.97 Å². The van der Waals surface area contributed by atoms with Gasteiger partial charge >= 0.3 is 5.97 Å². The second-order valence-corrected chi connectivity index (χ2v) is 7.12. The van der Waals surface area contributed by atoms with Crippen LogP contribution in [0.25, 0.3) is 0 Å². The number of carbonyl (C=O) groups is 3.